The number of hydrogen-bond acceptors (Lipinski definition) is 5. The monoisotopic (exact) mass is 411 g/mol. The Labute approximate surface area is 172 Å². The Morgan fingerprint density at radius 1 is 1.34 bits per heavy atom. The Kier molecular flexibility index (Phi) is 9.70. The van der Waals surface area contributed by atoms with Crippen LogP contribution in [0.25, 0.3) is 0 Å². The minimum Gasteiger partial charge on any atom is -0.460 e. The van der Waals surface area contributed by atoms with Crippen molar-refractivity contribution in [2.24, 2.45) is 11.8 Å². The summed E-state index contributed by atoms with van der Waals surface area (Å²) in [5.41, 5.74) is -0.721. The highest BCUT2D eigenvalue weighted by Crippen LogP contribution is 2.26. The SMILES string of the molecule is CCC(C)C1CCOCC1.Cc1cc(F)cc(CC(=O)OC(C)(C)C)c1[N+](=O)[O-]. The molecule has 0 N–H and O–H groups in total. The van der Waals surface area contributed by atoms with Crippen molar-refractivity contribution in [1.29, 1.82) is 0 Å². The third kappa shape index (κ3) is 8.90. The quantitative estimate of drug-likeness (QED) is 0.369. The summed E-state index contributed by atoms with van der Waals surface area (Å²) >= 11 is 0. The van der Waals surface area contributed by atoms with E-state index in [1.165, 1.54) is 26.2 Å². The molecule has 0 saturated carbocycles. The number of carbonyl (C=O) groups is 1. The number of ether oxygens (including phenoxy) is 2. The molecule has 0 spiro atoms. The average Bonchev–Trinajstić information content (AvgIpc) is 2.59. The van der Waals surface area contributed by atoms with E-state index in [-0.39, 0.29) is 23.2 Å². The fourth-order valence-electron chi connectivity index (χ4n) is 3.35. The van der Waals surface area contributed by atoms with Gasteiger partial charge in [0.25, 0.3) is 5.69 Å². The zero-order valence-corrected chi connectivity index (χ0v) is 18.4. The summed E-state index contributed by atoms with van der Waals surface area (Å²) in [5.74, 6) is 0.616. The minimum atomic E-state index is -0.686. The fourth-order valence-corrected chi connectivity index (χ4v) is 3.35. The van der Waals surface area contributed by atoms with Crippen molar-refractivity contribution in [3.63, 3.8) is 0 Å². The van der Waals surface area contributed by atoms with Crippen LogP contribution in [0.4, 0.5) is 10.1 Å². The van der Waals surface area contributed by atoms with Crippen molar-refractivity contribution >= 4 is 11.7 Å². The lowest BCUT2D eigenvalue weighted by Crippen LogP contribution is -2.25. The number of carbonyl (C=O) groups excluding carboxylic acids is 1. The largest absolute Gasteiger partial charge is 0.460 e. The average molecular weight is 412 g/mol. The van der Waals surface area contributed by atoms with Crippen LogP contribution < -0.4 is 0 Å². The van der Waals surface area contributed by atoms with Crippen LogP contribution in [0.3, 0.4) is 0 Å². The van der Waals surface area contributed by atoms with Gasteiger partial charge in [0.15, 0.2) is 0 Å². The van der Waals surface area contributed by atoms with Gasteiger partial charge in [0.2, 0.25) is 0 Å². The highest BCUT2D eigenvalue weighted by Gasteiger charge is 2.24. The van der Waals surface area contributed by atoms with Crippen LogP contribution in [0, 0.1) is 34.7 Å². The summed E-state index contributed by atoms with van der Waals surface area (Å²) in [7, 11) is 0. The van der Waals surface area contributed by atoms with Gasteiger partial charge in [-0.25, -0.2) is 4.39 Å². The topological polar surface area (TPSA) is 78.7 Å². The van der Waals surface area contributed by atoms with Crippen molar-refractivity contribution < 1.29 is 23.6 Å². The molecule has 0 radical (unpaired) electrons. The predicted octanol–water partition coefficient (Wildman–Crippen LogP) is 5.39. The molecular formula is C22H34FNO5. The molecule has 1 atom stereocenters. The first-order chi connectivity index (χ1) is 13.4. The van der Waals surface area contributed by atoms with E-state index in [9.17, 15) is 19.3 Å². The molecule has 1 fully saturated rings. The highest BCUT2D eigenvalue weighted by molar-refractivity contribution is 5.75. The molecule has 0 bridgehead atoms. The molecule has 1 heterocycles. The van der Waals surface area contributed by atoms with Gasteiger partial charge in [-0.15, -0.1) is 0 Å². The molecule has 1 aliphatic rings. The van der Waals surface area contributed by atoms with E-state index in [0.717, 1.165) is 37.2 Å². The number of rotatable bonds is 5. The maximum Gasteiger partial charge on any atom is 0.311 e. The molecule has 1 aromatic carbocycles. The van der Waals surface area contributed by atoms with Gasteiger partial charge >= 0.3 is 5.97 Å². The molecule has 1 unspecified atom stereocenters. The lowest BCUT2D eigenvalue weighted by molar-refractivity contribution is -0.386. The molecule has 0 aromatic heterocycles. The van der Waals surface area contributed by atoms with Crippen LogP contribution in [0.1, 0.15) is 65.0 Å². The van der Waals surface area contributed by atoms with E-state index in [2.05, 4.69) is 13.8 Å². The second-order valence-electron chi connectivity index (χ2n) is 8.59. The zero-order valence-electron chi connectivity index (χ0n) is 18.4. The van der Waals surface area contributed by atoms with Gasteiger partial charge in [-0.2, -0.15) is 0 Å². The molecule has 1 aliphatic heterocycles. The molecule has 2 rings (SSSR count). The molecule has 164 valence electrons. The number of nitro benzene ring substituents is 1. The number of nitrogens with zero attached hydrogens (tertiary/aromatic N) is 1. The first kappa shape index (κ1) is 25.0. The lowest BCUT2D eigenvalue weighted by Gasteiger charge is -2.26. The summed E-state index contributed by atoms with van der Waals surface area (Å²) in [6.07, 6.45) is 3.57. The van der Waals surface area contributed by atoms with E-state index < -0.39 is 22.3 Å². The van der Waals surface area contributed by atoms with Crippen LogP contribution in [0.15, 0.2) is 12.1 Å². The van der Waals surface area contributed by atoms with Crippen LogP contribution in [-0.4, -0.2) is 29.7 Å². The summed E-state index contributed by atoms with van der Waals surface area (Å²) in [6, 6.07) is 2.06. The summed E-state index contributed by atoms with van der Waals surface area (Å²) in [5, 5.41) is 11.0. The van der Waals surface area contributed by atoms with Gasteiger partial charge in [-0.05, 0) is 64.5 Å². The van der Waals surface area contributed by atoms with Crippen molar-refractivity contribution in [2.45, 2.75) is 72.8 Å². The normalized spacial score (nSPS) is 15.8. The number of halogens is 1. The van der Waals surface area contributed by atoms with E-state index in [1.807, 2.05) is 0 Å². The number of esters is 1. The van der Waals surface area contributed by atoms with Crippen molar-refractivity contribution in [3.05, 3.63) is 39.2 Å². The Balaban J connectivity index is 0.000000352. The van der Waals surface area contributed by atoms with Gasteiger partial charge in [-0.1, -0.05) is 20.3 Å². The minimum absolute atomic E-state index is 0.0248. The first-order valence-corrected chi connectivity index (χ1v) is 10.2. The third-order valence-electron chi connectivity index (χ3n) is 5.00. The van der Waals surface area contributed by atoms with Crippen molar-refractivity contribution in [3.8, 4) is 0 Å². The van der Waals surface area contributed by atoms with Gasteiger partial charge < -0.3 is 9.47 Å². The highest BCUT2D eigenvalue weighted by atomic mass is 19.1. The van der Waals surface area contributed by atoms with Gasteiger partial charge in [-0.3, -0.25) is 14.9 Å². The predicted molar refractivity (Wildman–Crippen MR) is 110 cm³/mol. The lowest BCUT2D eigenvalue weighted by atomic mass is 9.86. The first-order valence-electron chi connectivity index (χ1n) is 10.2. The smallest absolute Gasteiger partial charge is 0.311 e. The molecule has 29 heavy (non-hydrogen) atoms. The van der Waals surface area contributed by atoms with E-state index >= 15 is 0 Å². The van der Waals surface area contributed by atoms with Gasteiger partial charge in [0, 0.05) is 24.3 Å². The Morgan fingerprint density at radius 2 is 1.93 bits per heavy atom. The molecular weight excluding hydrogens is 377 g/mol. The molecule has 1 saturated heterocycles. The number of aryl methyl sites for hydroxylation is 1. The molecule has 7 heteroatoms. The van der Waals surface area contributed by atoms with Crippen LogP contribution in [0.2, 0.25) is 0 Å². The Hall–Kier alpha value is -2.02. The van der Waals surface area contributed by atoms with Gasteiger partial charge in [0.1, 0.15) is 11.4 Å². The second kappa shape index (κ2) is 11.2. The van der Waals surface area contributed by atoms with Crippen LogP contribution in [-0.2, 0) is 20.7 Å². The maximum absolute atomic E-state index is 13.3. The van der Waals surface area contributed by atoms with Crippen molar-refractivity contribution in [2.75, 3.05) is 13.2 Å². The van der Waals surface area contributed by atoms with Crippen molar-refractivity contribution in [1.82, 2.24) is 0 Å². The molecule has 1 aromatic rings. The Bertz CT molecular complexity index is 693. The van der Waals surface area contributed by atoms with Crippen LogP contribution in [0.5, 0.6) is 0 Å². The zero-order chi connectivity index (χ0) is 22.2. The summed E-state index contributed by atoms with van der Waals surface area (Å²) in [6.45, 7) is 13.1. The number of hydrogen-bond donors (Lipinski definition) is 0. The third-order valence-corrected chi connectivity index (χ3v) is 5.00. The van der Waals surface area contributed by atoms with E-state index in [0.29, 0.717) is 0 Å². The van der Waals surface area contributed by atoms with Gasteiger partial charge in [0.05, 0.1) is 11.3 Å². The molecule has 6 nitrogen and oxygen atoms in total. The van der Waals surface area contributed by atoms with Crippen LogP contribution >= 0.6 is 0 Å². The molecule has 0 aliphatic carbocycles. The Morgan fingerprint density at radius 3 is 2.41 bits per heavy atom. The van der Waals surface area contributed by atoms with E-state index in [4.69, 9.17) is 9.47 Å². The molecule has 0 amide bonds. The summed E-state index contributed by atoms with van der Waals surface area (Å²) in [4.78, 5) is 22.0. The fraction of sp³-hybridized carbons (Fsp3) is 0.682. The second-order valence-corrected chi connectivity index (χ2v) is 8.59. The number of benzene rings is 1. The summed E-state index contributed by atoms with van der Waals surface area (Å²) < 4.78 is 23.7. The van der Waals surface area contributed by atoms with E-state index in [1.54, 1.807) is 20.8 Å². The standard InChI is InChI=1S/C13H16FNO4.C9H18O/c1-8-5-10(14)6-9(12(8)15(17)18)7-11(16)19-13(2,3)4;1-3-8(2)9-4-6-10-7-5-9/h5-6H,7H2,1-4H3;8-9H,3-7H2,1-2H3. The number of nitro groups is 1. The maximum atomic E-state index is 13.3.